The zero-order chi connectivity index (χ0) is 17.3. The SMILES string of the molecule is CC1CCC(C2CCC(C3CC(F)C(C(F)F)C(F)C3)CC2)OC1. The summed E-state index contributed by atoms with van der Waals surface area (Å²) in [5, 5.41) is 0. The molecule has 24 heavy (non-hydrogen) atoms. The second-order valence-electron chi connectivity index (χ2n) is 8.40. The molecule has 0 aromatic heterocycles. The molecule has 1 nitrogen and oxygen atoms in total. The molecule has 3 aliphatic rings. The van der Waals surface area contributed by atoms with Gasteiger partial charge in [0.05, 0.1) is 12.0 Å². The summed E-state index contributed by atoms with van der Waals surface area (Å²) in [5.74, 6) is -0.286. The van der Waals surface area contributed by atoms with Gasteiger partial charge in [0.15, 0.2) is 0 Å². The zero-order valence-corrected chi connectivity index (χ0v) is 14.5. The van der Waals surface area contributed by atoms with Gasteiger partial charge in [-0.25, -0.2) is 17.6 Å². The molecule has 0 aromatic rings. The van der Waals surface area contributed by atoms with Crippen molar-refractivity contribution in [2.45, 2.75) is 83.2 Å². The fourth-order valence-electron chi connectivity index (χ4n) is 5.18. The minimum atomic E-state index is -2.89. The average Bonchev–Trinajstić information content (AvgIpc) is 2.54. The third kappa shape index (κ3) is 4.08. The van der Waals surface area contributed by atoms with E-state index in [9.17, 15) is 17.6 Å². The lowest BCUT2D eigenvalue weighted by Gasteiger charge is -2.42. The standard InChI is InChI=1S/C19H30F4O/c1-11-2-7-17(24-10-11)13-5-3-12(4-6-13)14-8-15(20)18(19(22)23)16(21)9-14/h11-19H,2-10H2,1H3. The van der Waals surface area contributed by atoms with Crippen molar-refractivity contribution in [1.82, 2.24) is 0 Å². The number of alkyl halides is 4. The molecule has 1 aliphatic heterocycles. The first kappa shape index (κ1) is 18.5. The average molecular weight is 350 g/mol. The molecule has 5 heteroatoms. The molecule has 140 valence electrons. The summed E-state index contributed by atoms with van der Waals surface area (Å²) < 4.78 is 59.6. The van der Waals surface area contributed by atoms with Crippen LogP contribution in [0.5, 0.6) is 0 Å². The van der Waals surface area contributed by atoms with Crippen LogP contribution in [0.3, 0.4) is 0 Å². The molecule has 0 radical (unpaired) electrons. The van der Waals surface area contributed by atoms with Gasteiger partial charge in [-0.15, -0.1) is 0 Å². The maximum atomic E-state index is 14.0. The van der Waals surface area contributed by atoms with Crippen molar-refractivity contribution in [3.63, 3.8) is 0 Å². The summed E-state index contributed by atoms with van der Waals surface area (Å²) in [5.41, 5.74) is 0. The second-order valence-corrected chi connectivity index (χ2v) is 8.40. The van der Waals surface area contributed by atoms with Gasteiger partial charge in [0, 0.05) is 6.61 Å². The van der Waals surface area contributed by atoms with Crippen molar-refractivity contribution in [1.29, 1.82) is 0 Å². The third-order valence-corrected chi connectivity index (χ3v) is 6.73. The Balaban J connectivity index is 1.48. The monoisotopic (exact) mass is 350 g/mol. The van der Waals surface area contributed by atoms with Crippen LogP contribution in [-0.2, 0) is 4.74 Å². The number of halogens is 4. The fraction of sp³-hybridized carbons (Fsp3) is 1.00. The van der Waals surface area contributed by atoms with Gasteiger partial charge in [-0.05, 0) is 75.0 Å². The molecule has 0 amide bonds. The van der Waals surface area contributed by atoms with Gasteiger partial charge in [-0.2, -0.15) is 0 Å². The molecule has 0 bridgehead atoms. The van der Waals surface area contributed by atoms with E-state index < -0.39 is 24.7 Å². The zero-order valence-electron chi connectivity index (χ0n) is 14.5. The van der Waals surface area contributed by atoms with Gasteiger partial charge in [-0.3, -0.25) is 0 Å². The number of ether oxygens (including phenoxy) is 1. The van der Waals surface area contributed by atoms with Crippen molar-refractivity contribution < 1.29 is 22.3 Å². The molecule has 4 atom stereocenters. The summed E-state index contributed by atoms with van der Waals surface area (Å²) in [4.78, 5) is 0. The normalized spacial score (nSPS) is 47.8. The highest BCUT2D eigenvalue weighted by Crippen LogP contribution is 2.46. The summed E-state index contributed by atoms with van der Waals surface area (Å²) in [6, 6.07) is 0. The first-order valence-corrected chi connectivity index (χ1v) is 9.63. The van der Waals surface area contributed by atoms with E-state index in [1.165, 1.54) is 6.42 Å². The van der Waals surface area contributed by atoms with E-state index in [1.807, 2.05) is 0 Å². The van der Waals surface area contributed by atoms with Crippen molar-refractivity contribution in [3.05, 3.63) is 0 Å². The molecular formula is C19H30F4O. The highest BCUT2D eigenvalue weighted by atomic mass is 19.3. The van der Waals surface area contributed by atoms with Crippen molar-refractivity contribution in [2.24, 2.45) is 29.6 Å². The molecule has 0 N–H and O–H groups in total. The third-order valence-electron chi connectivity index (χ3n) is 6.73. The van der Waals surface area contributed by atoms with Crippen molar-refractivity contribution >= 4 is 0 Å². The van der Waals surface area contributed by atoms with Crippen LogP contribution in [0.2, 0.25) is 0 Å². The lowest BCUT2D eigenvalue weighted by atomic mass is 9.67. The van der Waals surface area contributed by atoms with E-state index in [2.05, 4.69) is 6.92 Å². The van der Waals surface area contributed by atoms with Gasteiger partial charge in [-0.1, -0.05) is 6.92 Å². The van der Waals surface area contributed by atoms with E-state index in [-0.39, 0.29) is 18.8 Å². The molecule has 3 fully saturated rings. The molecule has 2 aliphatic carbocycles. The van der Waals surface area contributed by atoms with Gasteiger partial charge in [0.2, 0.25) is 6.43 Å². The highest BCUT2D eigenvalue weighted by molar-refractivity contribution is 4.92. The Morgan fingerprint density at radius 3 is 1.88 bits per heavy atom. The summed E-state index contributed by atoms with van der Waals surface area (Å²) in [6.45, 7) is 3.05. The van der Waals surface area contributed by atoms with Gasteiger partial charge in [0.25, 0.3) is 0 Å². The minimum Gasteiger partial charge on any atom is -0.378 e. The Labute approximate surface area is 142 Å². The Morgan fingerprint density at radius 2 is 1.38 bits per heavy atom. The molecule has 3 rings (SSSR count). The Kier molecular flexibility index (Phi) is 6.10. The van der Waals surface area contributed by atoms with Gasteiger partial charge >= 0.3 is 0 Å². The Hall–Kier alpha value is -0.320. The molecule has 1 heterocycles. The van der Waals surface area contributed by atoms with E-state index in [0.29, 0.717) is 23.9 Å². The minimum absolute atomic E-state index is 0.0711. The summed E-state index contributed by atoms with van der Waals surface area (Å²) in [6.07, 6.45) is 0.650. The number of hydrogen-bond donors (Lipinski definition) is 0. The predicted molar refractivity (Wildman–Crippen MR) is 85.6 cm³/mol. The maximum absolute atomic E-state index is 14.0. The topological polar surface area (TPSA) is 9.23 Å². The lowest BCUT2D eigenvalue weighted by Crippen LogP contribution is -2.42. The molecule has 0 spiro atoms. The number of rotatable bonds is 3. The van der Waals surface area contributed by atoms with Crippen LogP contribution >= 0.6 is 0 Å². The first-order chi connectivity index (χ1) is 11.5. The quantitative estimate of drug-likeness (QED) is 0.604. The van der Waals surface area contributed by atoms with Crippen LogP contribution in [0.4, 0.5) is 17.6 Å². The predicted octanol–water partition coefficient (Wildman–Crippen LogP) is 5.58. The van der Waals surface area contributed by atoms with E-state index in [4.69, 9.17) is 4.74 Å². The second kappa shape index (κ2) is 7.92. The van der Waals surface area contributed by atoms with Crippen LogP contribution in [0.1, 0.15) is 58.3 Å². The maximum Gasteiger partial charge on any atom is 0.247 e. The summed E-state index contributed by atoms with van der Waals surface area (Å²) in [7, 11) is 0. The van der Waals surface area contributed by atoms with Gasteiger partial charge in [0.1, 0.15) is 12.3 Å². The van der Waals surface area contributed by atoms with E-state index in [1.54, 1.807) is 0 Å². The van der Waals surface area contributed by atoms with Crippen LogP contribution in [-0.4, -0.2) is 31.5 Å². The first-order valence-electron chi connectivity index (χ1n) is 9.63. The van der Waals surface area contributed by atoms with Crippen LogP contribution in [0, 0.1) is 29.6 Å². The molecule has 0 aromatic carbocycles. The largest absolute Gasteiger partial charge is 0.378 e. The molecule has 4 unspecified atom stereocenters. The fourth-order valence-corrected chi connectivity index (χ4v) is 5.18. The van der Waals surface area contributed by atoms with Crippen molar-refractivity contribution in [2.75, 3.05) is 6.61 Å². The smallest absolute Gasteiger partial charge is 0.247 e. The van der Waals surface area contributed by atoms with Crippen LogP contribution in [0.15, 0.2) is 0 Å². The van der Waals surface area contributed by atoms with E-state index >= 15 is 0 Å². The van der Waals surface area contributed by atoms with Crippen LogP contribution < -0.4 is 0 Å². The van der Waals surface area contributed by atoms with Crippen molar-refractivity contribution in [3.8, 4) is 0 Å². The van der Waals surface area contributed by atoms with Gasteiger partial charge < -0.3 is 4.74 Å². The Morgan fingerprint density at radius 1 is 0.792 bits per heavy atom. The molecule has 2 saturated carbocycles. The van der Waals surface area contributed by atoms with E-state index in [0.717, 1.165) is 38.7 Å². The van der Waals surface area contributed by atoms with Crippen LogP contribution in [0.25, 0.3) is 0 Å². The summed E-state index contributed by atoms with van der Waals surface area (Å²) >= 11 is 0. The molecular weight excluding hydrogens is 320 g/mol. The molecule has 1 saturated heterocycles. The number of hydrogen-bond acceptors (Lipinski definition) is 1. The lowest BCUT2D eigenvalue weighted by molar-refractivity contribution is -0.0741. The Bertz CT molecular complexity index is 377. The highest BCUT2D eigenvalue weighted by Gasteiger charge is 2.46.